The first-order valence-corrected chi connectivity index (χ1v) is 6.39. The molecule has 0 saturated heterocycles. The van der Waals surface area contributed by atoms with Crippen molar-refractivity contribution in [3.05, 3.63) is 28.8 Å². The van der Waals surface area contributed by atoms with Crippen LogP contribution in [0, 0.1) is 13.8 Å². The maximum absolute atomic E-state index is 11.9. The van der Waals surface area contributed by atoms with Gasteiger partial charge in [0.2, 0.25) is 0 Å². The van der Waals surface area contributed by atoms with E-state index >= 15 is 0 Å². The van der Waals surface area contributed by atoms with Crippen LogP contribution in [0.25, 0.3) is 0 Å². The molecule has 1 aliphatic rings. The Hall–Kier alpha value is -2.08. The van der Waals surface area contributed by atoms with Gasteiger partial charge in [-0.05, 0) is 42.7 Å². The maximum Gasteiger partial charge on any atom is 0.346 e. The summed E-state index contributed by atoms with van der Waals surface area (Å²) in [6.07, 6.45) is 0. The number of amides is 2. The molecule has 0 spiro atoms. The fourth-order valence-corrected chi connectivity index (χ4v) is 2.42. The highest BCUT2D eigenvalue weighted by Crippen LogP contribution is 2.31. The monoisotopic (exact) mass is 277 g/mol. The maximum atomic E-state index is 11.9. The lowest BCUT2D eigenvalue weighted by molar-refractivity contribution is 0.150. The number of rotatable bonds is 4. The molecule has 1 unspecified atom stereocenters. The van der Waals surface area contributed by atoms with Gasteiger partial charge in [0.1, 0.15) is 17.6 Å². The summed E-state index contributed by atoms with van der Waals surface area (Å²) >= 11 is 0. The number of nitrogens with two attached hydrogens (primary N) is 1. The van der Waals surface area contributed by atoms with Gasteiger partial charge in [-0.2, -0.15) is 4.99 Å². The number of urea groups is 1. The lowest BCUT2D eigenvalue weighted by atomic mass is 9.99. The molecule has 0 bridgehead atoms. The molecule has 0 aliphatic carbocycles. The SMILES string of the molecule is COCCN1C(=O)N=C(N)C1c1cc(C)c(O)c(C)c1. The van der Waals surface area contributed by atoms with Crippen LogP contribution in [0.15, 0.2) is 17.1 Å². The predicted octanol–water partition coefficient (Wildman–Crippen LogP) is 1.49. The Labute approximate surface area is 117 Å². The first-order valence-electron chi connectivity index (χ1n) is 6.39. The van der Waals surface area contributed by atoms with Gasteiger partial charge >= 0.3 is 6.03 Å². The molecule has 0 aromatic heterocycles. The molecule has 108 valence electrons. The number of aliphatic imine (C=N–C) groups is 1. The zero-order valence-electron chi connectivity index (χ0n) is 11.9. The van der Waals surface area contributed by atoms with Crippen molar-refractivity contribution in [3.63, 3.8) is 0 Å². The van der Waals surface area contributed by atoms with Crippen molar-refractivity contribution in [2.45, 2.75) is 19.9 Å². The lowest BCUT2D eigenvalue weighted by Gasteiger charge is -2.25. The molecule has 0 radical (unpaired) electrons. The third-order valence-corrected chi connectivity index (χ3v) is 3.43. The lowest BCUT2D eigenvalue weighted by Crippen LogP contribution is -2.35. The van der Waals surface area contributed by atoms with E-state index in [1.54, 1.807) is 12.0 Å². The Bertz CT molecular complexity index is 546. The molecular formula is C14H19N3O3. The summed E-state index contributed by atoms with van der Waals surface area (Å²) in [6.45, 7) is 4.47. The van der Waals surface area contributed by atoms with Crippen molar-refractivity contribution in [2.75, 3.05) is 20.3 Å². The number of nitrogens with zero attached hydrogens (tertiary/aromatic N) is 2. The fourth-order valence-electron chi connectivity index (χ4n) is 2.42. The summed E-state index contributed by atoms with van der Waals surface area (Å²) in [6, 6.07) is 2.91. The number of phenolic OH excluding ortho intramolecular Hbond substituents is 1. The number of ether oxygens (including phenoxy) is 1. The van der Waals surface area contributed by atoms with E-state index in [0.29, 0.717) is 13.2 Å². The molecule has 6 heteroatoms. The van der Waals surface area contributed by atoms with Gasteiger partial charge < -0.3 is 20.5 Å². The molecule has 0 fully saturated rings. The van der Waals surface area contributed by atoms with E-state index in [2.05, 4.69) is 4.99 Å². The van der Waals surface area contributed by atoms with Crippen molar-refractivity contribution in [3.8, 4) is 5.75 Å². The van der Waals surface area contributed by atoms with Crippen molar-refractivity contribution < 1.29 is 14.6 Å². The molecule has 1 heterocycles. The van der Waals surface area contributed by atoms with Crippen LogP contribution in [-0.4, -0.2) is 42.1 Å². The third kappa shape index (κ3) is 2.46. The first-order chi connectivity index (χ1) is 9.45. The second kappa shape index (κ2) is 5.50. The summed E-state index contributed by atoms with van der Waals surface area (Å²) < 4.78 is 5.01. The number of carbonyl (C=O) groups excluding carboxylic acids is 1. The van der Waals surface area contributed by atoms with Gasteiger partial charge in [-0.1, -0.05) is 0 Å². The number of hydrogen-bond acceptors (Lipinski definition) is 4. The quantitative estimate of drug-likeness (QED) is 0.872. The number of phenols is 1. The van der Waals surface area contributed by atoms with Gasteiger partial charge in [-0.25, -0.2) is 4.79 Å². The summed E-state index contributed by atoms with van der Waals surface area (Å²) in [5, 5.41) is 9.84. The van der Waals surface area contributed by atoms with Crippen LogP contribution >= 0.6 is 0 Å². The average Bonchev–Trinajstić information content (AvgIpc) is 2.67. The Morgan fingerprint density at radius 3 is 2.55 bits per heavy atom. The number of amidine groups is 1. The Morgan fingerprint density at radius 2 is 2.00 bits per heavy atom. The van der Waals surface area contributed by atoms with Crippen molar-refractivity contribution in [2.24, 2.45) is 10.7 Å². The standard InChI is InChI=1S/C14H19N3O3/c1-8-6-10(7-9(2)12(8)18)11-13(15)16-14(19)17(11)4-5-20-3/h6-7,11,18H,4-5H2,1-3H3,(H2,15,16,19). The minimum Gasteiger partial charge on any atom is -0.507 e. The highest BCUT2D eigenvalue weighted by atomic mass is 16.5. The van der Waals surface area contributed by atoms with E-state index in [-0.39, 0.29) is 17.6 Å². The minimum atomic E-state index is -0.393. The van der Waals surface area contributed by atoms with Crippen molar-refractivity contribution in [1.82, 2.24) is 4.90 Å². The van der Waals surface area contributed by atoms with Gasteiger partial charge in [0.05, 0.1) is 6.61 Å². The molecule has 2 rings (SSSR count). The zero-order valence-corrected chi connectivity index (χ0v) is 11.9. The van der Waals surface area contributed by atoms with Crippen LogP contribution in [0.3, 0.4) is 0 Å². The summed E-state index contributed by atoms with van der Waals surface area (Å²) in [5.41, 5.74) is 8.23. The van der Waals surface area contributed by atoms with Crippen LogP contribution in [0.5, 0.6) is 5.75 Å². The highest BCUT2D eigenvalue weighted by molar-refractivity contribution is 6.03. The molecule has 1 aliphatic heterocycles. The predicted molar refractivity (Wildman–Crippen MR) is 75.9 cm³/mol. The number of carbonyl (C=O) groups is 1. The number of aromatic hydroxyl groups is 1. The van der Waals surface area contributed by atoms with Gasteiger partial charge in [-0.15, -0.1) is 0 Å². The van der Waals surface area contributed by atoms with Gasteiger partial charge in [0, 0.05) is 13.7 Å². The van der Waals surface area contributed by atoms with Crippen LogP contribution in [-0.2, 0) is 4.74 Å². The van der Waals surface area contributed by atoms with E-state index < -0.39 is 6.04 Å². The van der Waals surface area contributed by atoms with Crippen LogP contribution in [0.1, 0.15) is 22.7 Å². The summed E-state index contributed by atoms with van der Waals surface area (Å²) in [4.78, 5) is 17.3. The fraction of sp³-hybridized carbons (Fsp3) is 0.429. The minimum absolute atomic E-state index is 0.261. The third-order valence-electron chi connectivity index (χ3n) is 3.43. The largest absolute Gasteiger partial charge is 0.507 e. The molecule has 3 N–H and O–H groups in total. The Kier molecular flexibility index (Phi) is 3.94. The van der Waals surface area contributed by atoms with E-state index in [9.17, 15) is 9.90 Å². The number of aryl methyl sites for hydroxylation is 2. The van der Waals surface area contributed by atoms with Crippen LogP contribution in [0.2, 0.25) is 0 Å². The molecule has 2 amide bonds. The summed E-state index contributed by atoms with van der Waals surface area (Å²) in [7, 11) is 1.58. The summed E-state index contributed by atoms with van der Waals surface area (Å²) in [5.74, 6) is 0.535. The topological polar surface area (TPSA) is 88.2 Å². The second-order valence-electron chi connectivity index (χ2n) is 4.91. The van der Waals surface area contributed by atoms with Crippen molar-refractivity contribution in [1.29, 1.82) is 0 Å². The highest BCUT2D eigenvalue weighted by Gasteiger charge is 2.34. The second-order valence-corrected chi connectivity index (χ2v) is 4.91. The molecule has 1 aromatic rings. The normalized spacial score (nSPS) is 18.6. The molecule has 1 aromatic carbocycles. The van der Waals surface area contributed by atoms with Gasteiger partial charge in [0.25, 0.3) is 0 Å². The van der Waals surface area contributed by atoms with E-state index in [4.69, 9.17) is 10.5 Å². The Balaban J connectivity index is 2.38. The first kappa shape index (κ1) is 14.3. The van der Waals surface area contributed by atoms with Crippen LogP contribution in [0.4, 0.5) is 4.79 Å². The molecule has 20 heavy (non-hydrogen) atoms. The van der Waals surface area contributed by atoms with E-state index in [0.717, 1.165) is 16.7 Å². The number of hydrogen-bond donors (Lipinski definition) is 2. The van der Waals surface area contributed by atoms with Crippen LogP contribution < -0.4 is 5.73 Å². The number of methoxy groups -OCH3 is 1. The molecular weight excluding hydrogens is 258 g/mol. The number of benzene rings is 1. The van der Waals surface area contributed by atoms with E-state index in [1.165, 1.54) is 0 Å². The van der Waals surface area contributed by atoms with Gasteiger partial charge in [-0.3, -0.25) is 0 Å². The molecule has 6 nitrogen and oxygen atoms in total. The average molecular weight is 277 g/mol. The van der Waals surface area contributed by atoms with E-state index in [1.807, 2.05) is 26.0 Å². The zero-order chi connectivity index (χ0) is 14.9. The van der Waals surface area contributed by atoms with Crippen molar-refractivity contribution >= 4 is 11.9 Å². The molecule has 1 atom stereocenters. The smallest absolute Gasteiger partial charge is 0.346 e. The molecule has 0 saturated carbocycles. The Morgan fingerprint density at radius 1 is 1.40 bits per heavy atom. The van der Waals surface area contributed by atoms with Gasteiger partial charge in [0.15, 0.2) is 0 Å².